The normalized spacial score (nSPS) is 15.4. The number of phenols is 1. The number of rotatable bonds is 6. The SMILES string of the molecule is O=C(/C=C/c1ccccc1)c1c(O)cccc1OCC1CCCCC1. The molecule has 1 saturated carbocycles. The van der Waals surface area contributed by atoms with Crippen molar-refractivity contribution < 1.29 is 14.6 Å². The van der Waals surface area contributed by atoms with Gasteiger partial charge >= 0.3 is 0 Å². The molecule has 2 aromatic rings. The molecule has 1 N–H and O–H groups in total. The zero-order chi connectivity index (χ0) is 17.5. The summed E-state index contributed by atoms with van der Waals surface area (Å²) >= 11 is 0. The molecule has 3 rings (SSSR count). The van der Waals surface area contributed by atoms with Crippen molar-refractivity contribution in [3.8, 4) is 11.5 Å². The molecule has 3 heteroatoms. The van der Waals surface area contributed by atoms with Gasteiger partial charge < -0.3 is 9.84 Å². The molecule has 0 radical (unpaired) electrons. The number of hydrogen-bond donors (Lipinski definition) is 1. The van der Waals surface area contributed by atoms with Crippen LogP contribution >= 0.6 is 0 Å². The summed E-state index contributed by atoms with van der Waals surface area (Å²) < 4.78 is 5.92. The Morgan fingerprint density at radius 2 is 1.80 bits per heavy atom. The van der Waals surface area contributed by atoms with E-state index in [1.54, 1.807) is 18.2 Å². The van der Waals surface area contributed by atoms with Gasteiger partial charge in [0.2, 0.25) is 0 Å². The molecule has 2 aromatic carbocycles. The molecule has 1 aliphatic carbocycles. The maximum absolute atomic E-state index is 12.6. The summed E-state index contributed by atoms with van der Waals surface area (Å²) in [4.78, 5) is 12.6. The summed E-state index contributed by atoms with van der Waals surface area (Å²) in [6, 6.07) is 14.6. The summed E-state index contributed by atoms with van der Waals surface area (Å²) in [5, 5.41) is 10.2. The Hall–Kier alpha value is -2.55. The molecule has 0 amide bonds. The molecule has 0 unspecified atom stereocenters. The zero-order valence-electron chi connectivity index (χ0n) is 14.4. The smallest absolute Gasteiger partial charge is 0.193 e. The maximum Gasteiger partial charge on any atom is 0.193 e. The molecule has 0 bridgehead atoms. The lowest BCUT2D eigenvalue weighted by molar-refractivity contribution is 0.103. The fourth-order valence-electron chi connectivity index (χ4n) is 3.27. The fourth-order valence-corrected chi connectivity index (χ4v) is 3.27. The zero-order valence-corrected chi connectivity index (χ0v) is 14.4. The third-order valence-corrected chi connectivity index (χ3v) is 4.68. The summed E-state index contributed by atoms with van der Waals surface area (Å²) in [7, 11) is 0. The molecule has 0 spiro atoms. The van der Waals surface area contributed by atoms with Gasteiger partial charge in [0.15, 0.2) is 5.78 Å². The maximum atomic E-state index is 12.6. The van der Waals surface area contributed by atoms with Crippen LogP contribution in [0.5, 0.6) is 11.5 Å². The minimum Gasteiger partial charge on any atom is -0.507 e. The van der Waals surface area contributed by atoms with Crippen molar-refractivity contribution >= 4 is 11.9 Å². The van der Waals surface area contributed by atoms with Gasteiger partial charge in [-0.2, -0.15) is 0 Å². The van der Waals surface area contributed by atoms with Crippen molar-refractivity contribution in [1.82, 2.24) is 0 Å². The minimum absolute atomic E-state index is 0.0381. The molecular formula is C22H24O3. The van der Waals surface area contributed by atoms with Crippen LogP contribution in [0.4, 0.5) is 0 Å². The van der Waals surface area contributed by atoms with Crippen LogP contribution in [0.1, 0.15) is 48.0 Å². The van der Waals surface area contributed by atoms with Gasteiger partial charge in [-0.3, -0.25) is 4.79 Å². The van der Waals surface area contributed by atoms with Crippen molar-refractivity contribution in [2.45, 2.75) is 32.1 Å². The first-order chi connectivity index (χ1) is 12.2. The molecule has 0 aromatic heterocycles. The number of carbonyl (C=O) groups is 1. The predicted octanol–water partition coefficient (Wildman–Crippen LogP) is 5.25. The van der Waals surface area contributed by atoms with Crippen molar-refractivity contribution in [1.29, 1.82) is 0 Å². The molecule has 25 heavy (non-hydrogen) atoms. The van der Waals surface area contributed by atoms with Crippen LogP contribution in [-0.4, -0.2) is 17.5 Å². The second kappa shape index (κ2) is 8.52. The number of hydrogen-bond acceptors (Lipinski definition) is 3. The van der Waals surface area contributed by atoms with Crippen LogP contribution in [0.2, 0.25) is 0 Å². The van der Waals surface area contributed by atoms with Crippen LogP contribution in [0.25, 0.3) is 6.08 Å². The second-order valence-corrected chi connectivity index (χ2v) is 6.57. The van der Waals surface area contributed by atoms with Crippen LogP contribution in [0.3, 0.4) is 0 Å². The van der Waals surface area contributed by atoms with E-state index in [2.05, 4.69) is 0 Å². The number of ether oxygens (including phenoxy) is 1. The number of allylic oxidation sites excluding steroid dienone is 1. The van der Waals surface area contributed by atoms with Gasteiger partial charge in [-0.25, -0.2) is 0 Å². The summed E-state index contributed by atoms with van der Waals surface area (Å²) in [5.74, 6) is 0.719. The standard InChI is InChI=1S/C22H24O3/c23-19-12-7-13-21(25-16-18-10-5-2-6-11-18)22(19)20(24)15-14-17-8-3-1-4-9-17/h1,3-4,7-9,12-15,18,23H,2,5-6,10-11,16H2/b15-14+. The Kier molecular flexibility index (Phi) is 5.89. The number of benzene rings is 2. The molecular weight excluding hydrogens is 312 g/mol. The van der Waals surface area contributed by atoms with Crippen molar-refractivity contribution in [2.24, 2.45) is 5.92 Å². The largest absolute Gasteiger partial charge is 0.507 e. The van der Waals surface area contributed by atoms with E-state index < -0.39 is 0 Å². The lowest BCUT2D eigenvalue weighted by atomic mass is 9.90. The Bertz CT molecular complexity index is 728. The summed E-state index contributed by atoms with van der Waals surface area (Å²) in [5.41, 5.74) is 1.18. The molecule has 0 heterocycles. The van der Waals surface area contributed by atoms with E-state index in [0.29, 0.717) is 18.3 Å². The predicted molar refractivity (Wildman–Crippen MR) is 100.0 cm³/mol. The summed E-state index contributed by atoms with van der Waals surface area (Å²) in [6.07, 6.45) is 9.39. The highest BCUT2D eigenvalue weighted by molar-refractivity contribution is 6.10. The van der Waals surface area contributed by atoms with Gasteiger partial charge in [-0.1, -0.05) is 61.7 Å². The molecule has 0 saturated heterocycles. The van der Waals surface area contributed by atoms with Crippen LogP contribution in [0, 0.1) is 5.92 Å². The van der Waals surface area contributed by atoms with Gasteiger partial charge in [-0.05, 0) is 42.5 Å². The van der Waals surface area contributed by atoms with Gasteiger partial charge in [-0.15, -0.1) is 0 Å². The van der Waals surface area contributed by atoms with Gasteiger partial charge in [0.25, 0.3) is 0 Å². The minimum atomic E-state index is -0.249. The highest BCUT2D eigenvalue weighted by Gasteiger charge is 2.18. The Morgan fingerprint density at radius 1 is 1.04 bits per heavy atom. The quantitative estimate of drug-likeness (QED) is 0.579. The summed E-state index contributed by atoms with van der Waals surface area (Å²) in [6.45, 7) is 0.603. The monoisotopic (exact) mass is 336 g/mol. The van der Waals surface area contributed by atoms with Crippen molar-refractivity contribution in [3.05, 3.63) is 65.7 Å². The van der Waals surface area contributed by atoms with E-state index in [1.165, 1.54) is 44.2 Å². The third kappa shape index (κ3) is 4.72. The fraction of sp³-hybridized carbons (Fsp3) is 0.318. The molecule has 0 aliphatic heterocycles. The van der Waals surface area contributed by atoms with Crippen molar-refractivity contribution in [2.75, 3.05) is 6.61 Å². The first-order valence-electron chi connectivity index (χ1n) is 8.96. The van der Waals surface area contributed by atoms with Gasteiger partial charge in [0.1, 0.15) is 17.1 Å². The van der Waals surface area contributed by atoms with E-state index in [1.807, 2.05) is 30.3 Å². The number of carbonyl (C=O) groups excluding carboxylic acids is 1. The topological polar surface area (TPSA) is 46.5 Å². The lowest BCUT2D eigenvalue weighted by Gasteiger charge is -2.22. The number of aromatic hydroxyl groups is 1. The van der Waals surface area contributed by atoms with Crippen LogP contribution in [0.15, 0.2) is 54.6 Å². The highest BCUT2D eigenvalue weighted by Crippen LogP contribution is 2.30. The van der Waals surface area contributed by atoms with Crippen LogP contribution < -0.4 is 4.74 Å². The lowest BCUT2D eigenvalue weighted by Crippen LogP contribution is -2.16. The first kappa shape index (κ1) is 17.3. The van der Waals surface area contributed by atoms with Gasteiger partial charge in [0, 0.05) is 0 Å². The van der Waals surface area contributed by atoms with Gasteiger partial charge in [0.05, 0.1) is 6.61 Å². The average molecular weight is 336 g/mol. The van der Waals surface area contributed by atoms with E-state index in [-0.39, 0.29) is 17.1 Å². The second-order valence-electron chi connectivity index (χ2n) is 6.57. The molecule has 130 valence electrons. The number of phenolic OH excluding ortho intramolecular Hbond substituents is 1. The number of ketones is 1. The van der Waals surface area contributed by atoms with Crippen LogP contribution in [-0.2, 0) is 0 Å². The molecule has 1 aliphatic rings. The first-order valence-corrected chi connectivity index (χ1v) is 8.96. The molecule has 0 atom stereocenters. The Labute approximate surface area is 149 Å². The van der Waals surface area contributed by atoms with E-state index in [4.69, 9.17) is 4.74 Å². The highest BCUT2D eigenvalue weighted by atomic mass is 16.5. The van der Waals surface area contributed by atoms with E-state index >= 15 is 0 Å². The van der Waals surface area contributed by atoms with Crippen molar-refractivity contribution in [3.63, 3.8) is 0 Å². The van der Waals surface area contributed by atoms with E-state index in [9.17, 15) is 9.90 Å². The Morgan fingerprint density at radius 3 is 2.56 bits per heavy atom. The molecule has 1 fully saturated rings. The van der Waals surface area contributed by atoms with E-state index in [0.717, 1.165) is 5.56 Å². The molecule has 3 nitrogen and oxygen atoms in total. The average Bonchev–Trinajstić information content (AvgIpc) is 2.66. The third-order valence-electron chi connectivity index (χ3n) is 4.68. The Balaban J connectivity index is 1.73.